The lowest BCUT2D eigenvalue weighted by Crippen LogP contribution is -2.35. The molecule has 1 aliphatic heterocycles. The SMILES string of the molecule is O=C([O-])c1ccc(N[C@@H]2CC(=O)N(c3ccccc3Cl)C2=O)cc1. The summed E-state index contributed by atoms with van der Waals surface area (Å²) in [4.78, 5) is 36.5. The van der Waals surface area contributed by atoms with Gasteiger partial charge in [0.05, 0.1) is 23.1 Å². The first kappa shape index (κ1) is 16.0. The van der Waals surface area contributed by atoms with E-state index in [4.69, 9.17) is 11.6 Å². The number of rotatable bonds is 4. The van der Waals surface area contributed by atoms with E-state index in [1.165, 1.54) is 24.3 Å². The van der Waals surface area contributed by atoms with E-state index in [9.17, 15) is 19.5 Å². The summed E-state index contributed by atoms with van der Waals surface area (Å²) in [5.41, 5.74) is 0.921. The number of nitrogens with one attached hydrogen (secondary N) is 1. The van der Waals surface area contributed by atoms with Crippen LogP contribution in [0.15, 0.2) is 48.5 Å². The Balaban J connectivity index is 1.79. The number of anilines is 2. The number of hydrogen-bond donors (Lipinski definition) is 1. The lowest BCUT2D eigenvalue weighted by Gasteiger charge is -2.17. The van der Waals surface area contributed by atoms with Crippen LogP contribution in [0.2, 0.25) is 5.02 Å². The van der Waals surface area contributed by atoms with Gasteiger partial charge in [0.2, 0.25) is 5.91 Å². The van der Waals surface area contributed by atoms with Crippen molar-refractivity contribution >= 4 is 40.8 Å². The molecule has 0 unspecified atom stereocenters. The van der Waals surface area contributed by atoms with Gasteiger partial charge in [-0.05, 0) is 29.8 Å². The highest BCUT2D eigenvalue weighted by Gasteiger charge is 2.40. The molecule has 2 aromatic carbocycles. The maximum absolute atomic E-state index is 12.5. The highest BCUT2D eigenvalue weighted by atomic mass is 35.5. The van der Waals surface area contributed by atoms with Crippen molar-refractivity contribution in [1.29, 1.82) is 0 Å². The van der Waals surface area contributed by atoms with Crippen molar-refractivity contribution < 1.29 is 19.5 Å². The van der Waals surface area contributed by atoms with Crippen molar-refractivity contribution in [3.8, 4) is 0 Å². The van der Waals surface area contributed by atoms with Crippen molar-refractivity contribution in [2.75, 3.05) is 10.2 Å². The summed E-state index contributed by atoms with van der Waals surface area (Å²) in [5.74, 6) is -2.03. The summed E-state index contributed by atoms with van der Waals surface area (Å²) in [5, 5.41) is 14.0. The number of nitrogens with zero attached hydrogens (tertiary/aromatic N) is 1. The van der Waals surface area contributed by atoms with Crippen molar-refractivity contribution in [2.24, 2.45) is 0 Å². The van der Waals surface area contributed by atoms with Crippen LogP contribution in [0.3, 0.4) is 0 Å². The van der Waals surface area contributed by atoms with E-state index < -0.39 is 17.9 Å². The first-order chi connectivity index (χ1) is 11.5. The van der Waals surface area contributed by atoms with Crippen LogP contribution in [-0.2, 0) is 9.59 Å². The van der Waals surface area contributed by atoms with Crippen LogP contribution in [0, 0.1) is 0 Å². The fraction of sp³-hybridized carbons (Fsp3) is 0.118. The molecule has 0 bridgehead atoms. The average Bonchev–Trinajstić information content (AvgIpc) is 2.83. The molecule has 0 spiro atoms. The van der Waals surface area contributed by atoms with Crippen LogP contribution in [0.25, 0.3) is 0 Å². The normalized spacial score (nSPS) is 17.2. The molecule has 1 fully saturated rings. The van der Waals surface area contributed by atoms with Crippen molar-refractivity contribution in [3.63, 3.8) is 0 Å². The number of carbonyl (C=O) groups excluding carboxylic acids is 3. The Hall–Kier alpha value is -2.86. The third kappa shape index (κ3) is 2.96. The number of hydrogen-bond acceptors (Lipinski definition) is 5. The molecule has 1 atom stereocenters. The number of imide groups is 1. The van der Waals surface area contributed by atoms with Crippen LogP contribution < -0.4 is 15.3 Å². The van der Waals surface area contributed by atoms with Gasteiger partial charge in [-0.1, -0.05) is 35.9 Å². The predicted molar refractivity (Wildman–Crippen MR) is 86.7 cm³/mol. The van der Waals surface area contributed by atoms with Gasteiger partial charge in [0, 0.05) is 5.69 Å². The van der Waals surface area contributed by atoms with Crippen molar-refractivity contribution in [1.82, 2.24) is 0 Å². The number of halogens is 1. The molecule has 1 aliphatic rings. The molecular weight excluding hydrogens is 332 g/mol. The Labute approximate surface area is 142 Å². The molecule has 24 heavy (non-hydrogen) atoms. The summed E-state index contributed by atoms with van der Waals surface area (Å²) in [6.45, 7) is 0. The number of para-hydroxylation sites is 1. The third-order valence-electron chi connectivity index (χ3n) is 3.70. The molecule has 3 rings (SSSR count). The van der Waals surface area contributed by atoms with Gasteiger partial charge in [-0.3, -0.25) is 9.59 Å². The Morgan fingerprint density at radius 1 is 1.12 bits per heavy atom. The van der Waals surface area contributed by atoms with E-state index in [0.29, 0.717) is 16.4 Å². The van der Waals surface area contributed by atoms with Crippen LogP contribution in [0.5, 0.6) is 0 Å². The van der Waals surface area contributed by atoms with E-state index in [2.05, 4.69) is 5.32 Å². The summed E-state index contributed by atoms with van der Waals surface area (Å²) >= 11 is 6.06. The third-order valence-corrected chi connectivity index (χ3v) is 4.02. The zero-order valence-electron chi connectivity index (χ0n) is 12.4. The van der Waals surface area contributed by atoms with Crippen molar-refractivity contribution in [2.45, 2.75) is 12.5 Å². The maximum atomic E-state index is 12.5. The molecular formula is C17H12ClN2O4-. The van der Waals surface area contributed by atoms with E-state index in [-0.39, 0.29) is 17.9 Å². The quantitative estimate of drug-likeness (QED) is 0.849. The molecule has 6 nitrogen and oxygen atoms in total. The Kier molecular flexibility index (Phi) is 4.22. The van der Waals surface area contributed by atoms with E-state index in [1.807, 2.05) is 0 Å². The number of amides is 2. The Morgan fingerprint density at radius 2 is 1.79 bits per heavy atom. The Morgan fingerprint density at radius 3 is 2.42 bits per heavy atom. The summed E-state index contributed by atoms with van der Waals surface area (Å²) < 4.78 is 0. The van der Waals surface area contributed by atoms with Crippen molar-refractivity contribution in [3.05, 3.63) is 59.1 Å². The molecule has 0 aliphatic carbocycles. The minimum Gasteiger partial charge on any atom is -0.545 e. The minimum atomic E-state index is -1.28. The number of carboxylic acids is 1. The molecule has 122 valence electrons. The smallest absolute Gasteiger partial charge is 0.256 e. The molecule has 1 saturated heterocycles. The average molecular weight is 344 g/mol. The first-order valence-corrected chi connectivity index (χ1v) is 7.54. The minimum absolute atomic E-state index is 0.00764. The zero-order valence-corrected chi connectivity index (χ0v) is 13.1. The largest absolute Gasteiger partial charge is 0.545 e. The summed E-state index contributed by atoms with van der Waals surface area (Å²) in [7, 11) is 0. The van der Waals surface area contributed by atoms with Gasteiger partial charge < -0.3 is 15.2 Å². The highest BCUT2D eigenvalue weighted by molar-refractivity contribution is 6.36. The van der Waals surface area contributed by atoms with Crippen LogP contribution >= 0.6 is 11.6 Å². The second-order valence-electron chi connectivity index (χ2n) is 5.28. The fourth-order valence-corrected chi connectivity index (χ4v) is 2.75. The second-order valence-corrected chi connectivity index (χ2v) is 5.69. The van der Waals surface area contributed by atoms with Crippen LogP contribution in [0.1, 0.15) is 16.8 Å². The van der Waals surface area contributed by atoms with Gasteiger partial charge in [0.1, 0.15) is 6.04 Å². The molecule has 0 radical (unpaired) electrons. The molecule has 2 amide bonds. The predicted octanol–water partition coefficient (Wildman–Crippen LogP) is 1.45. The van der Waals surface area contributed by atoms with E-state index >= 15 is 0 Å². The number of carbonyl (C=O) groups is 3. The van der Waals surface area contributed by atoms with Gasteiger partial charge in [-0.2, -0.15) is 0 Å². The number of aromatic carboxylic acids is 1. The molecule has 2 aromatic rings. The van der Waals surface area contributed by atoms with Gasteiger partial charge >= 0.3 is 0 Å². The Bertz CT molecular complexity index is 820. The van der Waals surface area contributed by atoms with E-state index in [1.54, 1.807) is 24.3 Å². The lowest BCUT2D eigenvalue weighted by atomic mass is 10.2. The van der Waals surface area contributed by atoms with Gasteiger partial charge in [-0.15, -0.1) is 0 Å². The second kappa shape index (κ2) is 6.33. The van der Waals surface area contributed by atoms with Gasteiger partial charge in [0.25, 0.3) is 5.91 Å². The van der Waals surface area contributed by atoms with Crippen LogP contribution in [0.4, 0.5) is 11.4 Å². The lowest BCUT2D eigenvalue weighted by molar-refractivity contribution is -0.255. The van der Waals surface area contributed by atoms with Gasteiger partial charge in [-0.25, -0.2) is 4.90 Å². The highest BCUT2D eigenvalue weighted by Crippen LogP contribution is 2.30. The molecule has 0 aromatic heterocycles. The summed E-state index contributed by atoms with van der Waals surface area (Å²) in [6, 6.07) is 11.7. The summed E-state index contributed by atoms with van der Waals surface area (Å²) in [6.07, 6.45) is -0.00764. The number of benzene rings is 2. The fourth-order valence-electron chi connectivity index (χ4n) is 2.53. The van der Waals surface area contributed by atoms with Gasteiger partial charge in [0.15, 0.2) is 0 Å². The van der Waals surface area contributed by atoms with Crippen LogP contribution in [-0.4, -0.2) is 23.8 Å². The standard InChI is InChI=1S/C17H13ClN2O4/c18-12-3-1-2-4-14(12)20-15(21)9-13(16(20)22)19-11-7-5-10(6-8-11)17(23)24/h1-8,13,19H,9H2,(H,23,24)/p-1/t13-/m1/s1. The zero-order chi connectivity index (χ0) is 17.3. The van der Waals surface area contributed by atoms with E-state index in [0.717, 1.165) is 4.90 Å². The molecule has 1 N–H and O–H groups in total. The molecule has 0 saturated carbocycles. The number of carboxylic acid groups (broad SMARTS) is 1. The first-order valence-electron chi connectivity index (χ1n) is 7.16. The monoisotopic (exact) mass is 343 g/mol. The maximum Gasteiger partial charge on any atom is 0.256 e. The molecule has 1 heterocycles. The topological polar surface area (TPSA) is 89.5 Å². The molecule has 7 heteroatoms.